The van der Waals surface area contributed by atoms with Crippen LogP contribution in [-0.4, -0.2) is 4.57 Å². The van der Waals surface area contributed by atoms with Gasteiger partial charge in [-0.2, -0.15) is 0 Å². The molecule has 0 aliphatic heterocycles. The van der Waals surface area contributed by atoms with Crippen LogP contribution in [0.4, 0.5) is 17.1 Å². The first-order chi connectivity index (χ1) is 36.2. The lowest BCUT2D eigenvalue weighted by atomic mass is 9.93. The van der Waals surface area contributed by atoms with Crippen LogP contribution in [0.5, 0.6) is 0 Å². The fraction of sp³-hybridized carbons (Fsp3) is 0. The van der Waals surface area contributed by atoms with Crippen LogP contribution < -0.4 is 4.90 Å². The Kier molecular flexibility index (Phi) is 10.2. The Morgan fingerprint density at radius 3 is 1.45 bits per heavy atom. The van der Waals surface area contributed by atoms with E-state index in [9.17, 15) is 0 Å². The number of aromatic nitrogens is 1. The van der Waals surface area contributed by atoms with E-state index < -0.39 is 0 Å². The minimum Gasteiger partial charge on any atom is -0.455 e. The van der Waals surface area contributed by atoms with Crippen LogP contribution in [0, 0.1) is 0 Å². The van der Waals surface area contributed by atoms with Gasteiger partial charge in [0, 0.05) is 49.7 Å². The van der Waals surface area contributed by atoms with Gasteiger partial charge in [0.15, 0.2) is 0 Å². The number of furan rings is 1. The van der Waals surface area contributed by atoms with Gasteiger partial charge in [-0.05, 0) is 122 Å². The molecule has 0 saturated heterocycles. The second-order valence-electron chi connectivity index (χ2n) is 18.8. The van der Waals surface area contributed by atoms with E-state index in [1.54, 1.807) is 0 Å². The number of rotatable bonds is 9. The van der Waals surface area contributed by atoms with E-state index in [-0.39, 0.29) is 0 Å². The summed E-state index contributed by atoms with van der Waals surface area (Å²) in [6.07, 6.45) is 0. The lowest BCUT2D eigenvalue weighted by molar-refractivity contribution is 0.670. The molecule has 2 aromatic heterocycles. The Labute approximate surface area is 423 Å². The molecule has 0 radical (unpaired) electrons. The van der Waals surface area contributed by atoms with E-state index in [2.05, 4.69) is 276 Å². The second kappa shape index (κ2) is 17.6. The Morgan fingerprint density at radius 1 is 0.274 bits per heavy atom. The van der Waals surface area contributed by atoms with Gasteiger partial charge in [0.25, 0.3) is 0 Å². The van der Waals surface area contributed by atoms with Crippen LogP contribution in [0.1, 0.15) is 0 Å². The molecule has 0 bridgehead atoms. The fourth-order valence-corrected chi connectivity index (χ4v) is 11.2. The number of benzene rings is 12. The average Bonchev–Trinajstić information content (AvgIpc) is 4.03. The van der Waals surface area contributed by atoms with Crippen LogP contribution in [0.2, 0.25) is 0 Å². The third kappa shape index (κ3) is 7.29. The number of fused-ring (bicyclic) bond motifs is 7. The van der Waals surface area contributed by atoms with Gasteiger partial charge in [-0.25, -0.2) is 0 Å². The predicted octanol–water partition coefficient (Wildman–Crippen LogP) is 19.6. The summed E-state index contributed by atoms with van der Waals surface area (Å²) in [6, 6.07) is 101. The number of para-hydroxylation sites is 5. The van der Waals surface area contributed by atoms with Crippen LogP contribution in [0.25, 0.3) is 116 Å². The highest BCUT2D eigenvalue weighted by atomic mass is 16.3. The van der Waals surface area contributed by atoms with E-state index >= 15 is 0 Å². The van der Waals surface area contributed by atoms with Crippen molar-refractivity contribution in [3.05, 3.63) is 279 Å². The molecule has 342 valence electrons. The maximum absolute atomic E-state index is 6.46. The highest BCUT2D eigenvalue weighted by molar-refractivity contribution is 6.11. The number of anilines is 3. The minimum absolute atomic E-state index is 0.904. The largest absolute Gasteiger partial charge is 0.455 e. The number of hydrogen-bond acceptors (Lipinski definition) is 2. The van der Waals surface area contributed by atoms with Gasteiger partial charge in [-0.3, -0.25) is 0 Å². The molecule has 0 atom stereocenters. The van der Waals surface area contributed by atoms with E-state index in [1.165, 1.54) is 60.4 Å². The van der Waals surface area contributed by atoms with Crippen LogP contribution >= 0.6 is 0 Å². The lowest BCUT2D eigenvalue weighted by Gasteiger charge is -2.26. The first-order valence-electron chi connectivity index (χ1n) is 25.0. The monoisotopic (exact) mass is 930 g/mol. The van der Waals surface area contributed by atoms with Crippen LogP contribution in [0.3, 0.4) is 0 Å². The zero-order valence-corrected chi connectivity index (χ0v) is 39.9. The van der Waals surface area contributed by atoms with Gasteiger partial charge < -0.3 is 13.9 Å². The van der Waals surface area contributed by atoms with Crippen molar-refractivity contribution in [1.29, 1.82) is 0 Å². The zero-order valence-electron chi connectivity index (χ0n) is 39.9. The molecule has 0 fully saturated rings. The molecule has 0 amide bonds. The Morgan fingerprint density at radius 2 is 0.740 bits per heavy atom. The van der Waals surface area contributed by atoms with E-state index in [0.717, 1.165) is 72.5 Å². The second-order valence-corrected chi connectivity index (χ2v) is 18.8. The Hall–Kier alpha value is -9.70. The topological polar surface area (TPSA) is 21.3 Å². The maximum Gasteiger partial charge on any atom is 0.143 e. The third-order valence-electron chi connectivity index (χ3n) is 14.6. The van der Waals surface area contributed by atoms with Gasteiger partial charge in [0.2, 0.25) is 0 Å². The van der Waals surface area contributed by atoms with Crippen LogP contribution in [0.15, 0.2) is 283 Å². The minimum atomic E-state index is 0.904. The molecule has 0 unspecified atom stereocenters. The predicted molar refractivity (Wildman–Crippen MR) is 307 cm³/mol. The molecule has 0 N–H and O–H groups in total. The molecule has 14 aromatic rings. The summed E-state index contributed by atoms with van der Waals surface area (Å²) in [5.74, 6) is 0. The van der Waals surface area contributed by atoms with Crippen LogP contribution in [-0.2, 0) is 0 Å². The van der Waals surface area contributed by atoms with Crippen molar-refractivity contribution < 1.29 is 4.42 Å². The van der Waals surface area contributed by atoms with Gasteiger partial charge >= 0.3 is 0 Å². The smallest absolute Gasteiger partial charge is 0.143 e. The molecule has 0 aliphatic rings. The summed E-state index contributed by atoms with van der Waals surface area (Å²) in [5.41, 5.74) is 20.2. The van der Waals surface area contributed by atoms with Crippen molar-refractivity contribution in [1.82, 2.24) is 4.57 Å². The summed E-state index contributed by atoms with van der Waals surface area (Å²) in [6.45, 7) is 0. The number of hydrogen-bond donors (Lipinski definition) is 0. The molecular formula is C70H46N2O. The van der Waals surface area contributed by atoms with Crippen molar-refractivity contribution >= 4 is 71.6 Å². The summed E-state index contributed by atoms with van der Waals surface area (Å²) >= 11 is 0. The molecule has 3 heteroatoms. The normalized spacial score (nSPS) is 11.6. The maximum atomic E-state index is 6.46. The van der Waals surface area contributed by atoms with Gasteiger partial charge in [-0.1, -0.05) is 212 Å². The van der Waals surface area contributed by atoms with Crippen molar-refractivity contribution in [2.24, 2.45) is 0 Å². The lowest BCUT2D eigenvalue weighted by Crippen LogP contribution is -2.09. The van der Waals surface area contributed by atoms with Crippen molar-refractivity contribution in [3.8, 4) is 61.3 Å². The summed E-state index contributed by atoms with van der Waals surface area (Å²) in [5, 5.41) is 7.25. The molecule has 12 aromatic carbocycles. The van der Waals surface area contributed by atoms with Crippen molar-refractivity contribution in [2.75, 3.05) is 4.90 Å². The Balaban J connectivity index is 0.844. The molecule has 0 aliphatic carbocycles. The average molecular weight is 931 g/mol. The fourth-order valence-electron chi connectivity index (χ4n) is 11.2. The summed E-state index contributed by atoms with van der Waals surface area (Å²) in [7, 11) is 0. The van der Waals surface area contributed by atoms with E-state index in [0.29, 0.717) is 0 Å². The highest BCUT2D eigenvalue weighted by Crippen LogP contribution is 2.43. The van der Waals surface area contributed by atoms with Gasteiger partial charge in [-0.15, -0.1) is 0 Å². The first-order valence-corrected chi connectivity index (χ1v) is 25.0. The summed E-state index contributed by atoms with van der Waals surface area (Å²) < 4.78 is 8.88. The number of nitrogens with zero attached hydrogens (tertiary/aromatic N) is 2. The van der Waals surface area contributed by atoms with E-state index in [4.69, 9.17) is 4.42 Å². The standard InChI is InChI=1S/C70H46N2O/c1-2-20-56-48(16-1)17-14-27-57(56)49-36-42-54(43-37-49)71(53-40-34-47(35-41-53)51-18-13-19-52(46-51)59-28-15-29-65-64-26-8-12-33-69(64)73-70(59)65)55-44-38-50(39-45-55)58-21-3-4-22-60(58)61-23-5-9-30-66(61)72-67-31-10-6-24-62(67)63-25-7-11-32-68(63)72/h1-46H. The quantitative estimate of drug-likeness (QED) is 0.144. The highest BCUT2D eigenvalue weighted by Gasteiger charge is 2.19. The molecule has 2 heterocycles. The third-order valence-corrected chi connectivity index (χ3v) is 14.6. The molecule has 0 saturated carbocycles. The van der Waals surface area contributed by atoms with Gasteiger partial charge in [0.1, 0.15) is 11.2 Å². The van der Waals surface area contributed by atoms with Crippen molar-refractivity contribution in [3.63, 3.8) is 0 Å². The van der Waals surface area contributed by atoms with Gasteiger partial charge in [0.05, 0.1) is 16.7 Å². The first kappa shape index (κ1) is 42.2. The summed E-state index contributed by atoms with van der Waals surface area (Å²) in [4.78, 5) is 2.36. The molecule has 0 spiro atoms. The van der Waals surface area contributed by atoms with E-state index in [1.807, 2.05) is 12.1 Å². The zero-order chi connectivity index (χ0) is 48.2. The molecule has 14 rings (SSSR count). The van der Waals surface area contributed by atoms with Crippen molar-refractivity contribution in [2.45, 2.75) is 0 Å². The Bertz CT molecular complexity index is 4310. The molecule has 3 nitrogen and oxygen atoms in total. The SMILES string of the molecule is c1cc(-c2ccc(N(c3ccc(-c4ccccc4-c4ccccc4-n4c5ccccc5c5ccccc54)cc3)c3ccc(-c4cccc5ccccc45)cc3)cc2)cc(-c2cccc3c2oc2ccccc23)c1. The molecular weight excluding hydrogens is 885 g/mol. The molecule has 73 heavy (non-hydrogen) atoms.